The molecule has 0 saturated carbocycles. The van der Waals surface area contributed by atoms with Crippen LogP contribution in [0, 0.1) is 0 Å². The topological polar surface area (TPSA) is 0 Å². The third-order valence-electron chi connectivity index (χ3n) is 7.89. The Bertz CT molecular complexity index is 1950. The molecule has 0 aliphatic carbocycles. The molecule has 2 radical (unpaired) electrons. The Labute approximate surface area is 306 Å². The first-order valence-electron chi connectivity index (χ1n) is 15.8. The van der Waals surface area contributed by atoms with Crippen molar-refractivity contribution in [2.24, 2.45) is 0 Å². The Morgan fingerprint density at radius 2 is 0.708 bits per heavy atom. The fourth-order valence-corrected chi connectivity index (χ4v) is 5.80. The van der Waals surface area contributed by atoms with Crippen LogP contribution in [-0.2, 0) is 20.8 Å². The summed E-state index contributed by atoms with van der Waals surface area (Å²) in [5.41, 5.74) is 10.3. The zero-order chi connectivity index (χ0) is 33.6. The molecule has 0 bridgehead atoms. The van der Waals surface area contributed by atoms with E-state index in [1.54, 1.807) is 0 Å². The summed E-state index contributed by atoms with van der Waals surface area (Å²) in [6, 6.07) is 64.5. The minimum Gasteiger partial charge on any atom is -0.144 e. The number of hydrogen-bond donors (Lipinski definition) is 0. The summed E-state index contributed by atoms with van der Waals surface area (Å²) in [6.07, 6.45) is 0. The smallest absolute Gasteiger partial charge is 0.0259 e. The molecule has 234 valence electrons. The van der Waals surface area contributed by atoms with E-state index < -0.39 is 20.8 Å². The summed E-state index contributed by atoms with van der Waals surface area (Å²) in [5, 5.41) is 5.25. The minimum absolute atomic E-state index is 0.826. The van der Waals surface area contributed by atoms with E-state index in [0.717, 1.165) is 9.52 Å². The van der Waals surface area contributed by atoms with Crippen molar-refractivity contribution in [3.05, 3.63) is 182 Å². The first-order chi connectivity index (χ1) is 23.7. The third-order valence-corrected chi connectivity index (χ3v) is 7.89. The van der Waals surface area contributed by atoms with Crippen LogP contribution in [0.4, 0.5) is 0 Å². The van der Waals surface area contributed by atoms with Crippen LogP contribution < -0.4 is 0 Å². The van der Waals surface area contributed by atoms with Gasteiger partial charge >= 0.3 is 37.9 Å². The zero-order valence-electron chi connectivity index (χ0n) is 27.1. The second-order valence-corrected chi connectivity index (χ2v) is 15.9. The third kappa shape index (κ3) is 9.22. The van der Waals surface area contributed by atoms with Crippen molar-refractivity contribution >= 4 is 48.1 Å². The predicted molar refractivity (Wildman–Crippen MR) is 210 cm³/mol. The molecule has 0 amide bonds. The van der Waals surface area contributed by atoms with Crippen LogP contribution in [0.5, 0.6) is 0 Å². The minimum atomic E-state index is -0.826. The van der Waals surface area contributed by atoms with Gasteiger partial charge in [-0.05, 0) is 11.1 Å². The van der Waals surface area contributed by atoms with Crippen LogP contribution in [0.1, 0.15) is 0 Å². The van der Waals surface area contributed by atoms with E-state index in [4.69, 9.17) is 17.0 Å². The van der Waals surface area contributed by atoms with Crippen molar-refractivity contribution < 1.29 is 20.8 Å². The van der Waals surface area contributed by atoms with Crippen molar-refractivity contribution in [1.29, 1.82) is 0 Å². The van der Waals surface area contributed by atoms with Gasteiger partial charge in [-0.1, -0.05) is 181 Å². The van der Waals surface area contributed by atoms with Crippen molar-refractivity contribution in [2.75, 3.05) is 0 Å². The van der Waals surface area contributed by atoms with E-state index in [0.29, 0.717) is 0 Å². The Morgan fingerprint density at radius 1 is 0.417 bits per heavy atom. The molecule has 0 aromatic heterocycles. The molecule has 8 aromatic rings. The largest absolute Gasteiger partial charge is 0.144 e. The summed E-state index contributed by atoms with van der Waals surface area (Å²) in [4.78, 5) is 0. The number of halogens is 2. The van der Waals surface area contributed by atoms with Crippen LogP contribution in [0.25, 0.3) is 66.1 Å². The summed E-state index contributed by atoms with van der Waals surface area (Å²) in [7, 11) is 11.0. The van der Waals surface area contributed by atoms with E-state index in [2.05, 4.69) is 195 Å². The molecule has 8 rings (SSSR count). The molecular weight excluding hydrogens is 719 g/mol. The standard InChI is InChI=1S/2C21H15.C2H6Si.2ClH.Zr/c2*1-3-8-16(9-4-1)19-14-18-12-7-13-20(21(18)15-19)17-10-5-2-6-11-17;1-3-2;;;/h2*1-15H;1-2H3;2*1H;/q2*-1;;;;+4/p-2. The van der Waals surface area contributed by atoms with Gasteiger partial charge in [0.05, 0.1) is 0 Å². The average Bonchev–Trinajstić information content (AvgIpc) is 3.80. The molecule has 0 spiro atoms. The van der Waals surface area contributed by atoms with Gasteiger partial charge in [0, 0.05) is 9.52 Å². The van der Waals surface area contributed by atoms with E-state index in [1.807, 2.05) is 0 Å². The molecule has 0 fully saturated rings. The van der Waals surface area contributed by atoms with Crippen LogP contribution in [0.2, 0.25) is 13.1 Å². The summed E-state index contributed by atoms with van der Waals surface area (Å²) in [6.45, 7) is 4.31. The maximum Gasteiger partial charge on any atom is -0.0259 e. The monoisotopic (exact) mass is 752 g/mol. The van der Waals surface area contributed by atoms with Crippen LogP contribution >= 0.6 is 17.0 Å². The molecular formula is C44H36Cl2SiZr. The van der Waals surface area contributed by atoms with Crippen molar-refractivity contribution in [3.63, 3.8) is 0 Å². The maximum atomic E-state index is 4.93. The molecule has 0 aliphatic rings. The van der Waals surface area contributed by atoms with E-state index in [-0.39, 0.29) is 0 Å². The molecule has 0 nitrogen and oxygen atoms in total. The molecule has 0 heterocycles. The molecule has 4 heteroatoms. The molecule has 8 aromatic carbocycles. The van der Waals surface area contributed by atoms with E-state index >= 15 is 0 Å². The number of hydrogen-bond acceptors (Lipinski definition) is 0. The fourth-order valence-electron chi connectivity index (χ4n) is 5.80. The van der Waals surface area contributed by atoms with Gasteiger partial charge in [0.15, 0.2) is 0 Å². The zero-order valence-corrected chi connectivity index (χ0v) is 32.0. The van der Waals surface area contributed by atoms with Gasteiger partial charge in [0.2, 0.25) is 0 Å². The van der Waals surface area contributed by atoms with Gasteiger partial charge in [-0.15, -0.1) is 69.1 Å². The molecule has 0 N–H and O–H groups in total. The van der Waals surface area contributed by atoms with E-state index in [9.17, 15) is 0 Å². The van der Waals surface area contributed by atoms with Crippen molar-refractivity contribution in [3.8, 4) is 44.5 Å². The predicted octanol–water partition coefficient (Wildman–Crippen LogP) is 13.9. The number of rotatable bonds is 4. The second-order valence-electron chi connectivity index (χ2n) is 11.1. The average molecular weight is 755 g/mol. The Balaban J connectivity index is 0.000000162. The Morgan fingerprint density at radius 3 is 1.02 bits per heavy atom. The van der Waals surface area contributed by atoms with Gasteiger partial charge in [-0.25, -0.2) is 0 Å². The second kappa shape index (κ2) is 18.7. The summed E-state index contributed by atoms with van der Waals surface area (Å²) >= 11 is -0.826. The molecule has 0 saturated heterocycles. The molecule has 0 atom stereocenters. The molecule has 48 heavy (non-hydrogen) atoms. The number of fused-ring (bicyclic) bond motifs is 2. The van der Waals surface area contributed by atoms with Crippen LogP contribution in [-0.4, -0.2) is 9.52 Å². The van der Waals surface area contributed by atoms with Gasteiger partial charge < -0.3 is 0 Å². The van der Waals surface area contributed by atoms with Crippen molar-refractivity contribution in [2.45, 2.75) is 13.1 Å². The number of benzene rings is 6. The fraction of sp³-hybridized carbons (Fsp3) is 0.0455. The van der Waals surface area contributed by atoms with Crippen molar-refractivity contribution in [1.82, 2.24) is 0 Å². The first-order valence-corrected chi connectivity index (χ1v) is 24.1. The van der Waals surface area contributed by atoms with Gasteiger partial charge in [-0.3, -0.25) is 0 Å². The summed E-state index contributed by atoms with van der Waals surface area (Å²) < 4.78 is 0. The molecule has 0 aliphatic heterocycles. The van der Waals surface area contributed by atoms with E-state index in [1.165, 1.54) is 66.1 Å². The Hall–Kier alpha value is -3.78. The quantitative estimate of drug-likeness (QED) is 0.124. The van der Waals surface area contributed by atoms with Gasteiger partial charge in [0.25, 0.3) is 0 Å². The maximum absolute atomic E-state index is 4.93. The first kappa shape index (κ1) is 35.5. The Kier molecular flexibility index (Phi) is 13.8. The normalized spacial score (nSPS) is 10.1. The SMILES string of the molecule is C[Si]C.[Cl][Zr+2][Cl].c1ccc(-c2cc3c(-c4ccccc4)cccc3[cH-]2)cc1.c1ccc(-c2cc3c(-c4ccccc4)cccc3[cH-]2)cc1. The van der Waals surface area contributed by atoms with Crippen LogP contribution in [0.3, 0.4) is 0 Å². The van der Waals surface area contributed by atoms with Crippen LogP contribution in [0.15, 0.2) is 182 Å². The van der Waals surface area contributed by atoms with Gasteiger partial charge in [0.1, 0.15) is 0 Å². The summed E-state index contributed by atoms with van der Waals surface area (Å²) in [5.74, 6) is 0. The molecule has 0 unspecified atom stereocenters. The van der Waals surface area contributed by atoms with Gasteiger partial charge in [-0.2, -0.15) is 0 Å².